The summed E-state index contributed by atoms with van der Waals surface area (Å²) in [4.78, 5) is 12.2. The van der Waals surface area contributed by atoms with E-state index < -0.39 is 17.4 Å². The lowest BCUT2D eigenvalue weighted by molar-refractivity contribution is -0.214. The maximum atomic E-state index is 13.3. The molecule has 118 valence electrons. The van der Waals surface area contributed by atoms with E-state index in [1.54, 1.807) is 16.9 Å². The molecule has 0 spiro atoms. The van der Waals surface area contributed by atoms with Crippen molar-refractivity contribution in [2.24, 2.45) is 5.41 Å². The normalized spacial score (nSPS) is 24.2. The second-order valence-corrected chi connectivity index (χ2v) is 5.65. The fourth-order valence-corrected chi connectivity index (χ4v) is 2.57. The van der Waals surface area contributed by atoms with Gasteiger partial charge in [0.25, 0.3) is 0 Å². The minimum atomic E-state index is -4.52. The number of hydrogen-bond donors (Lipinski definition) is 1. The zero-order chi connectivity index (χ0) is 15.7. The van der Waals surface area contributed by atoms with Gasteiger partial charge in [0.2, 0.25) is 0 Å². The van der Waals surface area contributed by atoms with Crippen molar-refractivity contribution in [1.29, 1.82) is 0 Å². The minimum Gasteiger partial charge on any atom is -0.315 e. The molecule has 1 N–H and O–H groups in total. The summed E-state index contributed by atoms with van der Waals surface area (Å²) in [7, 11) is 0. The van der Waals surface area contributed by atoms with Crippen LogP contribution in [0.1, 0.15) is 38.4 Å². The summed E-state index contributed by atoms with van der Waals surface area (Å²) in [6.07, 6.45) is -2.41. The van der Waals surface area contributed by atoms with Crippen molar-refractivity contribution in [2.75, 3.05) is 13.1 Å². The highest BCUT2D eigenvalue weighted by Gasteiger charge is 2.60. The van der Waals surface area contributed by atoms with Crippen molar-refractivity contribution in [1.82, 2.24) is 15.1 Å². The highest BCUT2D eigenvalue weighted by molar-refractivity contribution is 5.88. The Labute approximate surface area is 121 Å². The topological polar surface area (TPSA) is 46.9 Å². The van der Waals surface area contributed by atoms with Gasteiger partial charge in [-0.2, -0.15) is 18.3 Å². The quantitative estimate of drug-likeness (QED) is 0.909. The third-order valence-corrected chi connectivity index (χ3v) is 4.28. The van der Waals surface area contributed by atoms with Crippen LogP contribution in [-0.4, -0.2) is 34.8 Å². The fourth-order valence-electron chi connectivity index (χ4n) is 2.57. The van der Waals surface area contributed by atoms with Crippen molar-refractivity contribution in [3.05, 3.63) is 18.0 Å². The molecule has 7 heteroatoms. The van der Waals surface area contributed by atoms with Crippen molar-refractivity contribution in [3.63, 3.8) is 0 Å². The Hall–Kier alpha value is -1.37. The van der Waals surface area contributed by atoms with Gasteiger partial charge >= 0.3 is 6.18 Å². The van der Waals surface area contributed by atoms with Crippen LogP contribution < -0.4 is 5.32 Å². The maximum absolute atomic E-state index is 13.3. The zero-order valence-electron chi connectivity index (χ0n) is 12.2. The molecule has 2 unspecified atom stereocenters. The molecular formula is C14H20F3N3O. The van der Waals surface area contributed by atoms with E-state index in [9.17, 15) is 18.0 Å². The molecule has 0 bridgehead atoms. The second-order valence-electron chi connectivity index (χ2n) is 5.65. The van der Waals surface area contributed by atoms with E-state index in [-0.39, 0.29) is 32.0 Å². The summed E-state index contributed by atoms with van der Waals surface area (Å²) in [6.45, 7) is 3.85. The average Bonchev–Trinajstić information content (AvgIpc) is 3.06. The van der Waals surface area contributed by atoms with Crippen LogP contribution in [0.5, 0.6) is 0 Å². The number of Topliss-reactive ketones (excluding diaryl/α,β-unsaturated/α-hetero) is 1. The summed E-state index contributed by atoms with van der Waals surface area (Å²) in [5, 5.41) is 6.87. The van der Waals surface area contributed by atoms with Crippen LogP contribution in [0.25, 0.3) is 0 Å². The lowest BCUT2D eigenvalue weighted by atomic mass is 9.80. The monoisotopic (exact) mass is 303 g/mol. The van der Waals surface area contributed by atoms with Gasteiger partial charge in [-0.25, -0.2) is 0 Å². The summed E-state index contributed by atoms with van der Waals surface area (Å²) < 4.78 is 41.5. The molecule has 1 fully saturated rings. The molecule has 21 heavy (non-hydrogen) atoms. The van der Waals surface area contributed by atoms with Crippen molar-refractivity contribution in [2.45, 2.75) is 45.3 Å². The summed E-state index contributed by atoms with van der Waals surface area (Å²) in [5.74, 6) is -0.797. The lowest BCUT2D eigenvalue weighted by Crippen LogP contribution is -2.47. The maximum Gasteiger partial charge on any atom is 0.402 e. The Bertz CT molecular complexity index is 504. The molecule has 2 heterocycles. The van der Waals surface area contributed by atoms with Gasteiger partial charge in [0.1, 0.15) is 5.41 Å². The third kappa shape index (κ3) is 2.97. The molecule has 2 rings (SSSR count). The van der Waals surface area contributed by atoms with Gasteiger partial charge in [-0.15, -0.1) is 0 Å². The fraction of sp³-hybridized carbons (Fsp3) is 0.714. The van der Waals surface area contributed by atoms with Crippen molar-refractivity contribution >= 4 is 5.78 Å². The van der Waals surface area contributed by atoms with Gasteiger partial charge in [0.15, 0.2) is 5.78 Å². The van der Waals surface area contributed by atoms with E-state index in [1.807, 2.05) is 13.8 Å². The first-order valence-corrected chi connectivity index (χ1v) is 7.15. The Balaban J connectivity index is 2.15. The smallest absolute Gasteiger partial charge is 0.315 e. The van der Waals surface area contributed by atoms with Gasteiger partial charge in [0.05, 0.1) is 12.1 Å². The average molecular weight is 303 g/mol. The molecule has 1 aromatic heterocycles. The third-order valence-electron chi connectivity index (χ3n) is 4.28. The van der Waals surface area contributed by atoms with Gasteiger partial charge in [0, 0.05) is 18.8 Å². The van der Waals surface area contributed by atoms with E-state index in [2.05, 4.69) is 10.4 Å². The number of carbonyl (C=O) groups is 1. The van der Waals surface area contributed by atoms with Crippen LogP contribution in [0.3, 0.4) is 0 Å². The van der Waals surface area contributed by atoms with Crippen LogP contribution >= 0.6 is 0 Å². The minimum absolute atomic E-state index is 0.165. The van der Waals surface area contributed by atoms with Gasteiger partial charge in [-0.05, 0) is 32.4 Å². The number of alkyl halides is 3. The first-order chi connectivity index (χ1) is 9.80. The number of halogens is 3. The highest BCUT2D eigenvalue weighted by atomic mass is 19.4. The number of rotatable bonds is 5. The molecule has 2 atom stereocenters. The van der Waals surface area contributed by atoms with E-state index >= 15 is 0 Å². The van der Waals surface area contributed by atoms with Crippen LogP contribution in [0.2, 0.25) is 0 Å². The van der Waals surface area contributed by atoms with Crippen LogP contribution in [0.4, 0.5) is 13.2 Å². The van der Waals surface area contributed by atoms with E-state index in [4.69, 9.17) is 0 Å². The van der Waals surface area contributed by atoms with Gasteiger partial charge in [-0.1, -0.05) is 6.92 Å². The van der Waals surface area contributed by atoms with Crippen LogP contribution in [0.15, 0.2) is 12.3 Å². The van der Waals surface area contributed by atoms with Crippen molar-refractivity contribution < 1.29 is 18.0 Å². The number of carbonyl (C=O) groups excluding carboxylic acids is 1. The predicted octanol–water partition coefficient (Wildman–Crippen LogP) is 2.51. The summed E-state index contributed by atoms with van der Waals surface area (Å²) in [6, 6.07) is 1.79. The first kappa shape index (κ1) is 16.0. The number of nitrogens with zero attached hydrogens (tertiary/aromatic N) is 2. The number of nitrogens with one attached hydrogen (secondary N) is 1. The molecule has 0 aromatic carbocycles. The number of aromatic nitrogens is 2. The Kier molecular flexibility index (Phi) is 4.41. The second kappa shape index (κ2) is 5.79. The van der Waals surface area contributed by atoms with Gasteiger partial charge < -0.3 is 5.32 Å². The van der Waals surface area contributed by atoms with E-state index in [0.29, 0.717) is 5.69 Å². The largest absolute Gasteiger partial charge is 0.402 e. The van der Waals surface area contributed by atoms with Crippen LogP contribution in [-0.2, 0) is 11.2 Å². The zero-order valence-corrected chi connectivity index (χ0v) is 12.2. The molecule has 4 nitrogen and oxygen atoms in total. The molecule has 0 amide bonds. The molecule has 0 radical (unpaired) electrons. The first-order valence-electron chi connectivity index (χ1n) is 7.15. The van der Waals surface area contributed by atoms with E-state index in [1.165, 1.54) is 0 Å². The molecule has 1 aliphatic heterocycles. The highest BCUT2D eigenvalue weighted by Crippen LogP contribution is 2.44. The Morgan fingerprint density at radius 1 is 1.57 bits per heavy atom. The summed E-state index contributed by atoms with van der Waals surface area (Å²) >= 11 is 0. The molecule has 1 saturated heterocycles. The molecule has 0 aliphatic carbocycles. The Morgan fingerprint density at radius 3 is 2.81 bits per heavy atom. The standard InChI is InChI=1S/C14H20F3N3O/c1-3-10(2)20-7-4-11(19-20)8-12(21)13(14(15,16)17)5-6-18-9-13/h4,7,10,18H,3,5-6,8-9H2,1-2H3. The predicted molar refractivity (Wildman–Crippen MR) is 71.9 cm³/mol. The van der Waals surface area contributed by atoms with Gasteiger partial charge in [-0.3, -0.25) is 9.48 Å². The van der Waals surface area contributed by atoms with Crippen molar-refractivity contribution in [3.8, 4) is 0 Å². The summed E-state index contributed by atoms with van der Waals surface area (Å²) in [5.41, 5.74) is -1.86. The number of hydrogen-bond acceptors (Lipinski definition) is 3. The Morgan fingerprint density at radius 2 is 2.29 bits per heavy atom. The molecule has 1 aromatic rings. The SMILES string of the molecule is CCC(C)n1ccc(CC(=O)C2(C(F)(F)F)CCNC2)n1. The van der Waals surface area contributed by atoms with Crippen LogP contribution in [0, 0.1) is 5.41 Å². The number of ketones is 1. The lowest BCUT2D eigenvalue weighted by Gasteiger charge is -2.29. The molecule has 0 saturated carbocycles. The molecule has 1 aliphatic rings. The molecular weight excluding hydrogens is 283 g/mol. The van der Waals surface area contributed by atoms with E-state index in [0.717, 1.165) is 6.42 Å².